The Hall–Kier alpha value is -0.790. The highest BCUT2D eigenvalue weighted by atomic mass is 32.1. The second kappa shape index (κ2) is 18.9. The third-order valence-electron chi connectivity index (χ3n) is 1.71. The number of unbranched alkanes of at least 4 members (excludes halogenated alkanes) is 5. The number of aldehydes is 1. The van der Waals surface area contributed by atoms with Crippen molar-refractivity contribution in [1.29, 1.82) is 0 Å². The van der Waals surface area contributed by atoms with E-state index in [1.54, 1.807) is 6.08 Å². The lowest BCUT2D eigenvalue weighted by molar-refractivity contribution is -0.107. The molecular weight excluding hydrogens is 206 g/mol. The van der Waals surface area contributed by atoms with Gasteiger partial charge in [0.15, 0.2) is 0 Å². The summed E-state index contributed by atoms with van der Waals surface area (Å²) < 4.78 is 0. The summed E-state index contributed by atoms with van der Waals surface area (Å²) in [5, 5.41) is 2.21. The summed E-state index contributed by atoms with van der Waals surface area (Å²) in [5.74, 6) is 0. The van der Waals surface area contributed by atoms with Crippen LogP contribution in [-0.4, -0.2) is 18.0 Å². The van der Waals surface area contributed by atoms with Crippen LogP contribution in [0.2, 0.25) is 0 Å². The topological polar surface area (TPSA) is 29.4 Å². The van der Waals surface area contributed by atoms with Gasteiger partial charge < -0.3 is 4.79 Å². The van der Waals surface area contributed by atoms with Crippen molar-refractivity contribution >= 4 is 23.7 Å². The summed E-state index contributed by atoms with van der Waals surface area (Å²) in [6.07, 6.45) is 9.63. The molecule has 0 amide bonds. The van der Waals surface area contributed by atoms with Gasteiger partial charge in [-0.25, -0.2) is 4.99 Å². The van der Waals surface area contributed by atoms with Gasteiger partial charge in [-0.15, -0.1) is 6.58 Å². The lowest BCUT2D eigenvalue weighted by Crippen LogP contribution is -1.78. The SMILES string of the molecule is C=CCN=C=S.CCCCCCCC=O. The van der Waals surface area contributed by atoms with Crippen molar-refractivity contribution in [3.05, 3.63) is 12.7 Å². The fraction of sp³-hybridized carbons (Fsp3) is 0.667. The first-order chi connectivity index (χ1) is 7.33. The monoisotopic (exact) mass is 227 g/mol. The standard InChI is InChI=1S/C8H16O.C4H5NS/c1-2-3-4-5-6-7-8-9;1-2-3-5-4-6/h8H,2-7H2,1H3;2H,1,3H2. The second-order valence-corrected chi connectivity index (χ2v) is 3.27. The van der Waals surface area contributed by atoms with E-state index in [4.69, 9.17) is 0 Å². The molecule has 0 N–H and O–H groups in total. The highest BCUT2D eigenvalue weighted by Crippen LogP contribution is 2.02. The molecule has 0 heterocycles. The number of hydrogen-bond donors (Lipinski definition) is 0. The molecule has 0 aromatic rings. The molecule has 0 aliphatic rings. The molecular formula is C12H21NOS. The first-order valence-corrected chi connectivity index (χ1v) is 5.82. The van der Waals surface area contributed by atoms with Crippen molar-refractivity contribution < 1.29 is 4.79 Å². The van der Waals surface area contributed by atoms with Crippen LogP contribution < -0.4 is 0 Å². The third-order valence-corrected chi connectivity index (χ3v) is 1.84. The highest BCUT2D eigenvalue weighted by Gasteiger charge is 1.85. The number of hydrogen-bond acceptors (Lipinski definition) is 3. The predicted octanol–water partition coefficient (Wildman–Crippen LogP) is 3.82. The van der Waals surface area contributed by atoms with E-state index in [9.17, 15) is 4.79 Å². The van der Waals surface area contributed by atoms with Crippen LogP contribution in [0, 0.1) is 0 Å². The molecule has 0 aromatic heterocycles. The smallest absolute Gasteiger partial charge is 0.119 e. The highest BCUT2D eigenvalue weighted by molar-refractivity contribution is 7.78. The molecule has 0 radical (unpaired) electrons. The van der Waals surface area contributed by atoms with Crippen LogP contribution in [0.15, 0.2) is 17.6 Å². The fourth-order valence-electron chi connectivity index (χ4n) is 0.933. The Morgan fingerprint density at radius 3 is 2.40 bits per heavy atom. The summed E-state index contributed by atoms with van der Waals surface area (Å²) in [5.41, 5.74) is 0. The summed E-state index contributed by atoms with van der Waals surface area (Å²) in [6, 6.07) is 0. The number of nitrogens with zero attached hydrogens (tertiary/aromatic N) is 1. The zero-order valence-electron chi connectivity index (χ0n) is 9.58. The molecule has 86 valence electrons. The maximum atomic E-state index is 9.84. The van der Waals surface area contributed by atoms with Crippen LogP contribution in [0.4, 0.5) is 0 Å². The molecule has 0 spiro atoms. The maximum absolute atomic E-state index is 9.84. The van der Waals surface area contributed by atoms with Gasteiger partial charge in [-0.05, 0) is 18.6 Å². The van der Waals surface area contributed by atoms with E-state index in [0.717, 1.165) is 19.1 Å². The molecule has 15 heavy (non-hydrogen) atoms. The van der Waals surface area contributed by atoms with Gasteiger partial charge in [-0.1, -0.05) is 38.7 Å². The van der Waals surface area contributed by atoms with E-state index in [0.29, 0.717) is 6.54 Å². The van der Waals surface area contributed by atoms with Crippen molar-refractivity contribution in [2.24, 2.45) is 4.99 Å². The molecule has 0 fully saturated rings. The molecule has 0 aromatic carbocycles. The van der Waals surface area contributed by atoms with Crippen LogP contribution in [0.25, 0.3) is 0 Å². The quantitative estimate of drug-likeness (QED) is 0.207. The third kappa shape index (κ3) is 24.6. The molecule has 0 atom stereocenters. The Morgan fingerprint density at radius 1 is 1.33 bits per heavy atom. The maximum Gasteiger partial charge on any atom is 0.119 e. The Morgan fingerprint density at radius 2 is 2.00 bits per heavy atom. The van der Waals surface area contributed by atoms with E-state index in [2.05, 4.69) is 35.9 Å². The van der Waals surface area contributed by atoms with Gasteiger partial charge in [0.1, 0.15) is 6.29 Å². The number of thiocarbonyl (C=S) groups is 1. The average Bonchev–Trinajstić information content (AvgIpc) is 2.27. The Balaban J connectivity index is 0. The van der Waals surface area contributed by atoms with Crippen LogP contribution in [0.5, 0.6) is 0 Å². The van der Waals surface area contributed by atoms with E-state index in [1.165, 1.54) is 25.7 Å². The molecule has 0 aliphatic carbocycles. The average molecular weight is 227 g/mol. The van der Waals surface area contributed by atoms with Crippen LogP contribution in [0.1, 0.15) is 45.4 Å². The Kier molecular flexibility index (Phi) is 20.9. The van der Waals surface area contributed by atoms with Crippen molar-refractivity contribution in [3.63, 3.8) is 0 Å². The summed E-state index contributed by atoms with van der Waals surface area (Å²) in [7, 11) is 0. The number of isothiocyanates is 1. The van der Waals surface area contributed by atoms with E-state index < -0.39 is 0 Å². The zero-order valence-corrected chi connectivity index (χ0v) is 10.4. The molecule has 0 bridgehead atoms. The summed E-state index contributed by atoms with van der Waals surface area (Å²) in [4.78, 5) is 13.4. The van der Waals surface area contributed by atoms with Crippen molar-refractivity contribution in [3.8, 4) is 0 Å². The zero-order chi connectivity index (χ0) is 11.8. The molecule has 0 saturated carbocycles. The number of rotatable bonds is 8. The molecule has 0 aliphatic heterocycles. The molecule has 3 heteroatoms. The molecule has 0 rings (SSSR count). The number of carbonyl (C=O) groups excluding carboxylic acids is 1. The Labute approximate surface area is 98.5 Å². The fourth-order valence-corrected chi connectivity index (χ4v) is 1.01. The molecule has 0 saturated heterocycles. The van der Waals surface area contributed by atoms with E-state index in [-0.39, 0.29) is 0 Å². The summed E-state index contributed by atoms with van der Waals surface area (Å²) >= 11 is 4.25. The summed E-state index contributed by atoms with van der Waals surface area (Å²) in [6.45, 7) is 6.20. The van der Waals surface area contributed by atoms with Gasteiger partial charge in [-0.3, -0.25) is 0 Å². The van der Waals surface area contributed by atoms with Crippen LogP contribution in [0.3, 0.4) is 0 Å². The normalized spacial score (nSPS) is 8.07. The molecule has 0 unspecified atom stereocenters. The van der Waals surface area contributed by atoms with Crippen LogP contribution >= 0.6 is 12.2 Å². The lowest BCUT2D eigenvalue weighted by atomic mass is 10.1. The predicted molar refractivity (Wildman–Crippen MR) is 69.5 cm³/mol. The van der Waals surface area contributed by atoms with Gasteiger partial charge in [0.25, 0.3) is 0 Å². The van der Waals surface area contributed by atoms with Crippen molar-refractivity contribution in [1.82, 2.24) is 0 Å². The van der Waals surface area contributed by atoms with Crippen LogP contribution in [-0.2, 0) is 4.79 Å². The lowest BCUT2D eigenvalue weighted by Gasteiger charge is -1.93. The first kappa shape index (κ1) is 16.6. The Bertz CT molecular complexity index is 186. The minimum atomic E-state index is 0.587. The second-order valence-electron chi connectivity index (χ2n) is 3.09. The van der Waals surface area contributed by atoms with Gasteiger partial charge >= 0.3 is 0 Å². The van der Waals surface area contributed by atoms with Crippen molar-refractivity contribution in [2.75, 3.05) is 6.54 Å². The van der Waals surface area contributed by atoms with Gasteiger partial charge in [0.2, 0.25) is 0 Å². The minimum Gasteiger partial charge on any atom is -0.303 e. The van der Waals surface area contributed by atoms with Gasteiger partial charge in [-0.2, -0.15) is 0 Å². The number of carbonyl (C=O) groups is 1. The first-order valence-electron chi connectivity index (χ1n) is 5.41. The van der Waals surface area contributed by atoms with Gasteiger partial charge in [0, 0.05) is 6.42 Å². The van der Waals surface area contributed by atoms with E-state index in [1.807, 2.05) is 0 Å². The van der Waals surface area contributed by atoms with E-state index >= 15 is 0 Å². The minimum absolute atomic E-state index is 0.587. The van der Waals surface area contributed by atoms with Crippen molar-refractivity contribution in [2.45, 2.75) is 45.4 Å². The largest absolute Gasteiger partial charge is 0.303 e. The number of aliphatic imine (C=N–C) groups is 1. The molecule has 2 nitrogen and oxygen atoms in total. The van der Waals surface area contributed by atoms with Gasteiger partial charge in [0.05, 0.1) is 11.7 Å².